The number of nitrogens with zero attached hydrogens (tertiary/aromatic N) is 3. The topological polar surface area (TPSA) is 62.7 Å². The van der Waals surface area contributed by atoms with Crippen LogP contribution in [0.4, 0.5) is 17.5 Å². The normalized spacial score (nSPS) is 10.4. The van der Waals surface area contributed by atoms with Gasteiger partial charge in [-0.05, 0) is 30.3 Å². The minimum Gasteiger partial charge on any atom is -0.357 e. The van der Waals surface area contributed by atoms with Crippen LogP contribution in [0.15, 0.2) is 48.8 Å². The monoisotopic (exact) mass is 345 g/mol. The molecule has 0 spiro atoms. The maximum atomic E-state index is 6.02. The Morgan fingerprint density at radius 1 is 1.00 bits per heavy atom. The van der Waals surface area contributed by atoms with Crippen LogP contribution in [0.25, 0.3) is 11.3 Å². The van der Waals surface area contributed by atoms with E-state index in [0.717, 1.165) is 16.9 Å². The van der Waals surface area contributed by atoms with Gasteiger partial charge in [0.15, 0.2) is 0 Å². The highest BCUT2D eigenvalue weighted by molar-refractivity contribution is 6.35. The van der Waals surface area contributed by atoms with Gasteiger partial charge in [0.05, 0.1) is 5.69 Å². The number of benzene rings is 1. The van der Waals surface area contributed by atoms with Crippen molar-refractivity contribution in [3.8, 4) is 11.3 Å². The second kappa shape index (κ2) is 6.81. The summed E-state index contributed by atoms with van der Waals surface area (Å²) < 4.78 is 0. The van der Waals surface area contributed by atoms with Crippen molar-refractivity contribution in [2.24, 2.45) is 0 Å². The molecule has 1 aromatic carbocycles. The van der Waals surface area contributed by atoms with Crippen molar-refractivity contribution in [3.05, 3.63) is 58.8 Å². The number of anilines is 3. The summed E-state index contributed by atoms with van der Waals surface area (Å²) in [4.78, 5) is 13.0. The van der Waals surface area contributed by atoms with Crippen molar-refractivity contribution in [2.75, 3.05) is 17.7 Å². The molecule has 3 aromatic rings. The van der Waals surface area contributed by atoms with Gasteiger partial charge in [-0.25, -0.2) is 4.98 Å². The molecule has 2 heterocycles. The number of halogens is 2. The zero-order valence-electron chi connectivity index (χ0n) is 12.2. The standard InChI is InChI=1S/C16H13Cl2N5/c1-19-16-22-14(10-3-2-4-20-9-10)8-15(23-16)21-13-6-11(17)5-12(18)7-13/h2-9H,1H3,(H2,19,21,22,23). The van der Waals surface area contributed by atoms with Crippen LogP contribution >= 0.6 is 23.2 Å². The van der Waals surface area contributed by atoms with Crippen LogP contribution in [0.2, 0.25) is 10.0 Å². The van der Waals surface area contributed by atoms with Crippen LogP contribution in [-0.4, -0.2) is 22.0 Å². The highest BCUT2D eigenvalue weighted by Crippen LogP contribution is 2.27. The van der Waals surface area contributed by atoms with Gasteiger partial charge < -0.3 is 10.6 Å². The summed E-state index contributed by atoms with van der Waals surface area (Å²) in [5.74, 6) is 1.13. The lowest BCUT2D eigenvalue weighted by atomic mass is 10.2. The second-order valence-electron chi connectivity index (χ2n) is 4.74. The van der Waals surface area contributed by atoms with Crippen molar-refractivity contribution in [1.82, 2.24) is 15.0 Å². The Morgan fingerprint density at radius 2 is 1.78 bits per heavy atom. The summed E-state index contributed by atoms with van der Waals surface area (Å²) >= 11 is 12.0. The van der Waals surface area contributed by atoms with Gasteiger partial charge in [0, 0.05) is 46.8 Å². The molecule has 116 valence electrons. The van der Waals surface area contributed by atoms with Gasteiger partial charge in [-0.1, -0.05) is 23.2 Å². The lowest BCUT2D eigenvalue weighted by Crippen LogP contribution is -2.02. The molecule has 0 fully saturated rings. The minimum absolute atomic E-state index is 0.502. The van der Waals surface area contributed by atoms with Crippen molar-refractivity contribution in [1.29, 1.82) is 0 Å². The third kappa shape index (κ3) is 3.88. The summed E-state index contributed by atoms with van der Waals surface area (Å²) in [6.45, 7) is 0. The largest absolute Gasteiger partial charge is 0.357 e. The van der Waals surface area contributed by atoms with E-state index in [1.54, 1.807) is 37.6 Å². The van der Waals surface area contributed by atoms with Crippen molar-refractivity contribution < 1.29 is 0 Å². The van der Waals surface area contributed by atoms with E-state index in [2.05, 4.69) is 25.6 Å². The molecule has 0 aliphatic rings. The van der Waals surface area contributed by atoms with Crippen LogP contribution in [-0.2, 0) is 0 Å². The second-order valence-corrected chi connectivity index (χ2v) is 5.61. The van der Waals surface area contributed by atoms with Crippen LogP contribution in [0.1, 0.15) is 0 Å². The predicted octanol–water partition coefficient (Wildman–Crippen LogP) is 4.63. The van der Waals surface area contributed by atoms with Gasteiger partial charge in [0.25, 0.3) is 0 Å². The molecule has 0 amide bonds. The van der Waals surface area contributed by atoms with Crippen LogP contribution in [0.5, 0.6) is 0 Å². The van der Waals surface area contributed by atoms with Gasteiger partial charge >= 0.3 is 0 Å². The SMILES string of the molecule is CNc1nc(Nc2cc(Cl)cc(Cl)c2)cc(-c2cccnc2)n1. The fraction of sp³-hybridized carbons (Fsp3) is 0.0625. The van der Waals surface area contributed by atoms with E-state index in [1.165, 1.54) is 0 Å². The molecule has 0 saturated heterocycles. The maximum absolute atomic E-state index is 6.02. The van der Waals surface area contributed by atoms with Crippen LogP contribution in [0, 0.1) is 0 Å². The van der Waals surface area contributed by atoms with Gasteiger partial charge in [0.1, 0.15) is 5.82 Å². The van der Waals surface area contributed by atoms with E-state index in [9.17, 15) is 0 Å². The Hall–Kier alpha value is -2.37. The summed E-state index contributed by atoms with van der Waals surface area (Å²) in [5, 5.41) is 7.24. The van der Waals surface area contributed by atoms with Crippen molar-refractivity contribution in [3.63, 3.8) is 0 Å². The third-order valence-electron chi connectivity index (χ3n) is 3.04. The average Bonchev–Trinajstić information content (AvgIpc) is 2.54. The molecule has 2 aromatic heterocycles. The zero-order valence-corrected chi connectivity index (χ0v) is 13.7. The first-order valence-electron chi connectivity index (χ1n) is 6.84. The van der Waals surface area contributed by atoms with E-state index in [-0.39, 0.29) is 0 Å². The van der Waals surface area contributed by atoms with Gasteiger partial charge in [-0.3, -0.25) is 4.98 Å². The molecule has 0 unspecified atom stereocenters. The Kier molecular flexibility index (Phi) is 4.60. The highest BCUT2D eigenvalue weighted by atomic mass is 35.5. The Bertz CT molecular complexity index is 804. The first-order valence-corrected chi connectivity index (χ1v) is 7.60. The first kappa shape index (κ1) is 15.5. The Morgan fingerprint density at radius 3 is 2.43 bits per heavy atom. The average molecular weight is 346 g/mol. The molecule has 0 bridgehead atoms. The molecule has 23 heavy (non-hydrogen) atoms. The number of pyridine rings is 1. The van der Waals surface area contributed by atoms with Crippen LogP contribution < -0.4 is 10.6 Å². The van der Waals surface area contributed by atoms with E-state index in [1.807, 2.05) is 18.2 Å². The predicted molar refractivity (Wildman–Crippen MR) is 94.6 cm³/mol. The van der Waals surface area contributed by atoms with Gasteiger partial charge in [-0.15, -0.1) is 0 Å². The molecule has 0 radical (unpaired) electrons. The molecule has 3 rings (SSSR count). The number of nitrogens with one attached hydrogen (secondary N) is 2. The van der Waals surface area contributed by atoms with E-state index >= 15 is 0 Å². The number of aromatic nitrogens is 3. The summed E-state index contributed by atoms with van der Waals surface area (Å²) in [6.07, 6.45) is 3.47. The molecule has 0 saturated carbocycles. The molecule has 2 N–H and O–H groups in total. The van der Waals surface area contributed by atoms with Gasteiger partial charge in [0.2, 0.25) is 5.95 Å². The van der Waals surface area contributed by atoms with Gasteiger partial charge in [-0.2, -0.15) is 4.98 Å². The summed E-state index contributed by atoms with van der Waals surface area (Å²) in [6, 6.07) is 10.9. The van der Waals surface area contributed by atoms with Crippen molar-refractivity contribution >= 4 is 40.7 Å². The molecule has 7 heteroatoms. The first-order chi connectivity index (χ1) is 11.1. The molecular formula is C16H13Cl2N5. The summed E-state index contributed by atoms with van der Waals surface area (Å²) in [7, 11) is 1.77. The molecule has 5 nitrogen and oxygen atoms in total. The highest BCUT2D eigenvalue weighted by Gasteiger charge is 2.07. The van der Waals surface area contributed by atoms with E-state index < -0.39 is 0 Å². The number of hydrogen-bond donors (Lipinski definition) is 2. The number of rotatable bonds is 4. The molecular weight excluding hydrogens is 333 g/mol. The third-order valence-corrected chi connectivity index (χ3v) is 3.48. The smallest absolute Gasteiger partial charge is 0.224 e. The van der Waals surface area contributed by atoms with Crippen molar-refractivity contribution in [2.45, 2.75) is 0 Å². The van der Waals surface area contributed by atoms with Crippen LogP contribution in [0.3, 0.4) is 0 Å². The zero-order chi connectivity index (χ0) is 16.2. The lowest BCUT2D eigenvalue weighted by molar-refractivity contribution is 1.15. The summed E-state index contributed by atoms with van der Waals surface area (Å²) in [5.41, 5.74) is 2.41. The van der Waals surface area contributed by atoms with E-state index in [4.69, 9.17) is 23.2 Å². The minimum atomic E-state index is 0.502. The Labute approximate surface area is 143 Å². The fourth-order valence-electron chi connectivity index (χ4n) is 2.06. The quantitative estimate of drug-likeness (QED) is 0.721. The Balaban J connectivity index is 1.98. The molecule has 0 aliphatic heterocycles. The maximum Gasteiger partial charge on any atom is 0.224 e. The fourth-order valence-corrected chi connectivity index (χ4v) is 2.59. The molecule has 0 atom stereocenters. The van der Waals surface area contributed by atoms with E-state index in [0.29, 0.717) is 21.8 Å². The number of hydrogen-bond acceptors (Lipinski definition) is 5. The lowest BCUT2D eigenvalue weighted by Gasteiger charge is -2.10. The molecule has 0 aliphatic carbocycles.